The molecule has 0 saturated heterocycles. The Hall–Kier alpha value is -1.98. The van der Waals surface area contributed by atoms with Gasteiger partial charge in [0.15, 0.2) is 0 Å². The Bertz CT molecular complexity index is 748. The number of amides is 1. The van der Waals surface area contributed by atoms with Gasteiger partial charge in [-0.3, -0.25) is 4.79 Å². The summed E-state index contributed by atoms with van der Waals surface area (Å²) in [6.45, 7) is 0.665. The third-order valence-electron chi connectivity index (χ3n) is 3.30. The van der Waals surface area contributed by atoms with Crippen LogP contribution >= 0.6 is 27.5 Å². The summed E-state index contributed by atoms with van der Waals surface area (Å²) in [5.41, 5.74) is 0.438. The molecule has 0 saturated carbocycles. The van der Waals surface area contributed by atoms with Crippen LogP contribution in [0.2, 0.25) is 5.02 Å². The number of furan rings is 2. The van der Waals surface area contributed by atoms with E-state index in [2.05, 4.69) is 15.9 Å². The van der Waals surface area contributed by atoms with Gasteiger partial charge in [0.1, 0.15) is 11.5 Å². The lowest BCUT2D eigenvalue weighted by Crippen LogP contribution is -2.30. The maximum Gasteiger partial charge on any atom is 0.256 e. The van der Waals surface area contributed by atoms with Crippen molar-refractivity contribution < 1.29 is 13.6 Å². The lowest BCUT2D eigenvalue weighted by atomic mass is 10.2. The largest absolute Gasteiger partial charge is 0.467 e. The number of halogens is 2. The van der Waals surface area contributed by atoms with Crippen molar-refractivity contribution in [2.24, 2.45) is 0 Å². The van der Waals surface area contributed by atoms with Gasteiger partial charge in [-0.2, -0.15) is 0 Å². The molecule has 0 spiro atoms. The fourth-order valence-corrected chi connectivity index (χ4v) is 2.97. The third kappa shape index (κ3) is 3.86. The Morgan fingerprint density at radius 3 is 2.13 bits per heavy atom. The molecule has 0 N–H and O–H groups in total. The van der Waals surface area contributed by atoms with E-state index in [1.165, 1.54) is 0 Å². The maximum atomic E-state index is 12.9. The van der Waals surface area contributed by atoms with E-state index in [9.17, 15) is 4.79 Å². The van der Waals surface area contributed by atoms with Gasteiger partial charge < -0.3 is 13.7 Å². The second-order valence-corrected chi connectivity index (χ2v) is 6.27. The summed E-state index contributed by atoms with van der Waals surface area (Å²) in [6.07, 6.45) is 3.16. The van der Waals surface area contributed by atoms with Crippen molar-refractivity contribution in [1.82, 2.24) is 4.90 Å². The Morgan fingerprint density at radius 1 is 1.04 bits per heavy atom. The molecule has 3 rings (SSSR count). The molecule has 4 nitrogen and oxygen atoms in total. The van der Waals surface area contributed by atoms with Crippen LogP contribution in [-0.4, -0.2) is 10.8 Å². The van der Waals surface area contributed by atoms with Crippen LogP contribution in [0.25, 0.3) is 0 Å². The minimum Gasteiger partial charge on any atom is -0.467 e. The van der Waals surface area contributed by atoms with E-state index >= 15 is 0 Å². The second-order valence-electron chi connectivity index (χ2n) is 4.94. The first-order chi connectivity index (χ1) is 11.1. The Morgan fingerprint density at radius 2 is 1.65 bits per heavy atom. The van der Waals surface area contributed by atoms with Gasteiger partial charge >= 0.3 is 0 Å². The van der Waals surface area contributed by atoms with Crippen molar-refractivity contribution in [2.75, 3.05) is 0 Å². The van der Waals surface area contributed by atoms with E-state index in [-0.39, 0.29) is 5.91 Å². The summed E-state index contributed by atoms with van der Waals surface area (Å²) in [5, 5.41) is 0.397. The van der Waals surface area contributed by atoms with Crippen LogP contribution in [-0.2, 0) is 13.1 Å². The zero-order valence-electron chi connectivity index (χ0n) is 12.0. The highest BCUT2D eigenvalue weighted by Crippen LogP contribution is 2.24. The van der Waals surface area contributed by atoms with Gasteiger partial charge in [-0.15, -0.1) is 0 Å². The number of carbonyl (C=O) groups is 1. The molecular formula is C17H13BrClNO3. The van der Waals surface area contributed by atoms with Crippen molar-refractivity contribution in [2.45, 2.75) is 13.1 Å². The summed E-state index contributed by atoms with van der Waals surface area (Å²) in [6, 6.07) is 12.4. The molecule has 0 unspecified atom stereocenters. The topological polar surface area (TPSA) is 46.6 Å². The average molecular weight is 395 g/mol. The highest BCUT2D eigenvalue weighted by atomic mass is 79.9. The molecule has 0 radical (unpaired) electrons. The number of benzene rings is 1. The first kappa shape index (κ1) is 15.9. The summed E-state index contributed by atoms with van der Waals surface area (Å²) in [4.78, 5) is 14.5. The lowest BCUT2D eigenvalue weighted by Gasteiger charge is -2.21. The molecule has 0 aliphatic carbocycles. The number of nitrogens with zero attached hydrogens (tertiary/aromatic N) is 1. The van der Waals surface area contributed by atoms with Gasteiger partial charge in [0.05, 0.1) is 36.2 Å². The fourth-order valence-electron chi connectivity index (χ4n) is 2.21. The summed E-state index contributed by atoms with van der Waals surface area (Å²) < 4.78 is 11.5. The van der Waals surface area contributed by atoms with Crippen LogP contribution in [0.15, 0.2) is 68.3 Å². The molecule has 0 atom stereocenters. The number of hydrogen-bond acceptors (Lipinski definition) is 3. The SMILES string of the molecule is O=C(c1ccc(Br)cc1Cl)N(Cc1ccco1)Cc1ccco1. The predicted octanol–water partition coefficient (Wildman–Crippen LogP) is 5.13. The molecule has 0 aliphatic heterocycles. The molecule has 6 heteroatoms. The quantitative estimate of drug-likeness (QED) is 0.602. The van der Waals surface area contributed by atoms with Gasteiger partial charge in [-0.05, 0) is 42.5 Å². The van der Waals surface area contributed by atoms with Crippen molar-refractivity contribution in [3.63, 3.8) is 0 Å². The normalized spacial score (nSPS) is 10.7. The van der Waals surface area contributed by atoms with Crippen LogP contribution in [0.4, 0.5) is 0 Å². The minimum absolute atomic E-state index is 0.185. The highest BCUT2D eigenvalue weighted by Gasteiger charge is 2.21. The second kappa shape index (κ2) is 7.06. The van der Waals surface area contributed by atoms with Crippen LogP contribution in [0.1, 0.15) is 21.9 Å². The van der Waals surface area contributed by atoms with Crippen molar-refractivity contribution >= 4 is 33.4 Å². The Kier molecular flexibility index (Phi) is 4.88. The maximum absolute atomic E-state index is 12.9. The molecule has 0 bridgehead atoms. The molecule has 2 aromatic heterocycles. The summed E-state index contributed by atoms with van der Waals surface area (Å²) >= 11 is 9.55. The molecule has 0 fully saturated rings. The molecule has 118 valence electrons. The van der Waals surface area contributed by atoms with E-state index in [4.69, 9.17) is 20.4 Å². The standard InChI is InChI=1S/C17H13BrClNO3/c18-12-5-6-15(16(19)9-12)17(21)20(10-13-3-1-7-22-13)11-14-4-2-8-23-14/h1-9H,10-11H2. The van der Waals surface area contributed by atoms with Crippen molar-refractivity contribution in [3.8, 4) is 0 Å². The first-order valence-electron chi connectivity index (χ1n) is 6.92. The zero-order chi connectivity index (χ0) is 16.2. The van der Waals surface area contributed by atoms with E-state index in [1.54, 1.807) is 47.8 Å². The molecule has 3 aromatic rings. The van der Waals surface area contributed by atoms with Crippen molar-refractivity contribution in [1.29, 1.82) is 0 Å². The van der Waals surface area contributed by atoms with Gasteiger partial charge in [-0.1, -0.05) is 27.5 Å². The van der Waals surface area contributed by atoms with Gasteiger partial charge in [0, 0.05) is 4.47 Å². The number of rotatable bonds is 5. The van der Waals surface area contributed by atoms with E-state index in [0.29, 0.717) is 35.2 Å². The van der Waals surface area contributed by atoms with Crippen molar-refractivity contribution in [3.05, 3.63) is 81.6 Å². The average Bonchev–Trinajstić information content (AvgIpc) is 3.19. The van der Waals surface area contributed by atoms with Gasteiger partial charge in [0.25, 0.3) is 5.91 Å². The monoisotopic (exact) mass is 393 g/mol. The van der Waals surface area contributed by atoms with Crippen LogP contribution in [0.5, 0.6) is 0 Å². The van der Waals surface area contributed by atoms with Crippen LogP contribution in [0, 0.1) is 0 Å². The minimum atomic E-state index is -0.185. The molecule has 23 heavy (non-hydrogen) atoms. The molecular weight excluding hydrogens is 382 g/mol. The third-order valence-corrected chi connectivity index (χ3v) is 4.11. The van der Waals surface area contributed by atoms with E-state index < -0.39 is 0 Å². The van der Waals surface area contributed by atoms with E-state index in [0.717, 1.165) is 4.47 Å². The molecule has 1 amide bonds. The Balaban J connectivity index is 1.88. The smallest absolute Gasteiger partial charge is 0.256 e. The molecule has 0 aliphatic rings. The summed E-state index contributed by atoms with van der Waals surface area (Å²) in [5.74, 6) is 1.20. The summed E-state index contributed by atoms with van der Waals surface area (Å²) in [7, 11) is 0. The molecule has 2 heterocycles. The van der Waals surface area contributed by atoms with Gasteiger partial charge in [-0.25, -0.2) is 0 Å². The first-order valence-corrected chi connectivity index (χ1v) is 8.09. The Labute approximate surface area is 146 Å². The number of hydrogen-bond donors (Lipinski definition) is 0. The number of carbonyl (C=O) groups excluding carboxylic acids is 1. The lowest BCUT2D eigenvalue weighted by molar-refractivity contribution is 0.0705. The predicted molar refractivity (Wildman–Crippen MR) is 90.1 cm³/mol. The van der Waals surface area contributed by atoms with Gasteiger partial charge in [0.2, 0.25) is 0 Å². The van der Waals surface area contributed by atoms with Crippen LogP contribution < -0.4 is 0 Å². The molecule has 1 aromatic carbocycles. The van der Waals surface area contributed by atoms with E-state index in [1.807, 2.05) is 12.1 Å². The highest BCUT2D eigenvalue weighted by molar-refractivity contribution is 9.10. The van der Waals surface area contributed by atoms with Crippen LogP contribution in [0.3, 0.4) is 0 Å². The zero-order valence-corrected chi connectivity index (χ0v) is 14.4. The fraction of sp³-hybridized carbons (Fsp3) is 0.118.